The van der Waals surface area contributed by atoms with Gasteiger partial charge in [-0.2, -0.15) is 0 Å². The van der Waals surface area contributed by atoms with Crippen LogP contribution in [0.1, 0.15) is 17.6 Å². The number of thiazole rings is 1. The average Bonchev–Trinajstić information content (AvgIpc) is 2.93. The molecule has 21 heavy (non-hydrogen) atoms. The summed E-state index contributed by atoms with van der Waals surface area (Å²) in [6.45, 7) is 2.54. The molecule has 2 rings (SSSR count). The van der Waals surface area contributed by atoms with Crippen LogP contribution in [-0.2, 0) is 13.0 Å². The van der Waals surface area contributed by atoms with E-state index in [-0.39, 0.29) is 0 Å². The molecule has 0 amide bonds. The summed E-state index contributed by atoms with van der Waals surface area (Å²) in [6, 6.07) is 5.33. The molecular weight excluding hydrogens is 308 g/mol. The Kier molecular flexibility index (Phi) is 5.41. The Morgan fingerprint density at radius 1 is 1.52 bits per heavy atom. The molecule has 1 heterocycles. The highest BCUT2D eigenvalue weighted by molar-refractivity contribution is 7.09. The van der Waals surface area contributed by atoms with Gasteiger partial charge in [0.05, 0.1) is 29.4 Å². The van der Waals surface area contributed by atoms with Crippen LogP contribution in [0.25, 0.3) is 0 Å². The maximum Gasteiger partial charge on any atom is 0.193 e. The lowest BCUT2D eigenvalue weighted by Crippen LogP contribution is -2.22. The predicted octanol–water partition coefficient (Wildman–Crippen LogP) is 3.29. The van der Waals surface area contributed by atoms with Gasteiger partial charge in [-0.3, -0.25) is 0 Å². The van der Waals surface area contributed by atoms with Gasteiger partial charge in [-0.15, -0.1) is 11.3 Å². The predicted molar refractivity (Wildman–Crippen MR) is 88.4 cm³/mol. The van der Waals surface area contributed by atoms with Crippen molar-refractivity contribution in [2.75, 3.05) is 12.4 Å². The quantitative estimate of drug-likeness (QED) is 0.654. The molecular formula is C14H17ClN4OS. The topological polar surface area (TPSA) is 72.5 Å². The molecule has 1 aromatic carbocycles. The Labute approximate surface area is 132 Å². The summed E-state index contributed by atoms with van der Waals surface area (Å²) in [7, 11) is 1.57. The summed E-state index contributed by atoms with van der Waals surface area (Å²) in [5.41, 5.74) is 7.54. The van der Waals surface area contributed by atoms with Gasteiger partial charge < -0.3 is 15.8 Å². The molecule has 0 aliphatic heterocycles. The molecule has 0 bridgehead atoms. The van der Waals surface area contributed by atoms with Gasteiger partial charge in [0.25, 0.3) is 0 Å². The number of ether oxygens (including phenoxy) is 1. The molecule has 2 aromatic rings. The van der Waals surface area contributed by atoms with E-state index in [1.54, 1.807) is 30.6 Å². The van der Waals surface area contributed by atoms with Crippen LogP contribution in [-0.4, -0.2) is 18.1 Å². The van der Waals surface area contributed by atoms with Gasteiger partial charge in [-0.25, -0.2) is 9.98 Å². The Morgan fingerprint density at radius 2 is 2.33 bits per heavy atom. The average molecular weight is 325 g/mol. The zero-order valence-electron chi connectivity index (χ0n) is 11.9. The summed E-state index contributed by atoms with van der Waals surface area (Å²) < 4.78 is 5.09. The number of nitrogens with two attached hydrogens (primary N) is 1. The minimum absolute atomic E-state index is 0.322. The Morgan fingerprint density at radius 3 is 2.95 bits per heavy atom. The fourth-order valence-corrected chi connectivity index (χ4v) is 2.68. The minimum atomic E-state index is 0.322. The van der Waals surface area contributed by atoms with E-state index in [4.69, 9.17) is 22.1 Å². The Balaban J connectivity index is 1.98. The molecule has 0 aliphatic carbocycles. The molecule has 3 N–H and O–H groups in total. The number of hydrogen-bond acceptors (Lipinski definition) is 4. The van der Waals surface area contributed by atoms with Crippen LogP contribution >= 0.6 is 22.9 Å². The summed E-state index contributed by atoms with van der Waals surface area (Å²) in [5, 5.41) is 6.61. The van der Waals surface area contributed by atoms with E-state index < -0.39 is 0 Å². The fourth-order valence-electron chi connectivity index (χ4n) is 1.68. The van der Waals surface area contributed by atoms with E-state index in [1.807, 2.05) is 11.4 Å². The number of aromatic nitrogens is 1. The number of methoxy groups -OCH3 is 1. The van der Waals surface area contributed by atoms with Gasteiger partial charge in [0, 0.05) is 11.1 Å². The number of nitrogens with zero attached hydrogens (tertiary/aromatic N) is 2. The number of nitrogens with one attached hydrogen (secondary N) is 1. The van der Waals surface area contributed by atoms with Crippen LogP contribution < -0.4 is 15.8 Å². The third-order valence-electron chi connectivity index (χ3n) is 2.74. The van der Waals surface area contributed by atoms with Crippen LogP contribution in [0.4, 0.5) is 5.69 Å². The van der Waals surface area contributed by atoms with E-state index in [1.165, 1.54) is 0 Å². The van der Waals surface area contributed by atoms with Crippen molar-refractivity contribution in [3.8, 4) is 5.75 Å². The van der Waals surface area contributed by atoms with Gasteiger partial charge >= 0.3 is 0 Å². The van der Waals surface area contributed by atoms with Crippen molar-refractivity contribution in [1.29, 1.82) is 0 Å². The number of guanidine groups is 1. The van der Waals surface area contributed by atoms with Crippen molar-refractivity contribution in [2.24, 2.45) is 10.7 Å². The molecule has 0 saturated heterocycles. The lowest BCUT2D eigenvalue weighted by Gasteiger charge is -2.08. The normalized spacial score (nSPS) is 11.5. The number of aryl methyl sites for hydroxylation is 1. The van der Waals surface area contributed by atoms with Crippen molar-refractivity contribution in [1.82, 2.24) is 4.98 Å². The summed E-state index contributed by atoms with van der Waals surface area (Å²) in [5.74, 6) is 0.939. The van der Waals surface area contributed by atoms with Crippen molar-refractivity contribution in [2.45, 2.75) is 19.9 Å². The molecule has 0 fully saturated rings. The minimum Gasteiger partial charge on any atom is -0.495 e. The van der Waals surface area contributed by atoms with Crippen molar-refractivity contribution in [3.05, 3.63) is 39.3 Å². The zero-order chi connectivity index (χ0) is 15.2. The maximum absolute atomic E-state index is 6.05. The number of anilines is 1. The third-order valence-corrected chi connectivity index (χ3v) is 4.07. The zero-order valence-corrected chi connectivity index (χ0v) is 13.5. The third kappa shape index (κ3) is 4.34. The molecule has 5 nitrogen and oxygen atoms in total. The molecule has 0 spiro atoms. The van der Waals surface area contributed by atoms with Crippen LogP contribution in [0.15, 0.2) is 28.6 Å². The van der Waals surface area contributed by atoms with Gasteiger partial charge in [-0.05, 0) is 24.6 Å². The number of hydrogen-bond donors (Lipinski definition) is 2. The largest absolute Gasteiger partial charge is 0.495 e. The number of benzene rings is 1. The summed E-state index contributed by atoms with van der Waals surface area (Å²) in [4.78, 5) is 8.70. The number of aliphatic imine (C=N–C) groups is 1. The highest BCUT2D eigenvalue weighted by atomic mass is 35.5. The molecule has 0 unspecified atom stereocenters. The molecule has 1 aromatic heterocycles. The standard InChI is InChI=1S/C14H17ClN4OS/c1-3-13-18-10(8-21-13)7-17-14(16)19-9-4-5-12(20-2)11(15)6-9/h4-6,8H,3,7H2,1-2H3,(H3,16,17,19). The second-order valence-electron chi connectivity index (χ2n) is 4.26. The Bertz CT molecular complexity index is 642. The van der Waals surface area contributed by atoms with E-state index in [0.717, 1.165) is 22.8 Å². The van der Waals surface area contributed by atoms with Crippen LogP contribution in [0, 0.1) is 0 Å². The number of halogens is 1. The molecule has 0 aliphatic rings. The first-order valence-electron chi connectivity index (χ1n) is 6.46. The molecule has 7 heteroatoms. The van der Waals surface area contributed by atoms with Crippen LogP contribution in [0.2, 0.25) is 5.02 Å². The van der Waals surface area contributed by atoms with Gasteiger partial charge in [-0.1, -0.05) is 18.5 Å². The molecule has 112 valence electrons. The SMILES string of the molecule is CCc1nc(CN=C(N)Nc2ccc(OC)c(Cl)c2)cs1. The highest BCUT2D eigenvalue weighted by Gasteiger charge is 2.03. The first-order chi connectivity index (χ1) is 10.1. The summed E-state index contributed by atoms with van der Waals surface area (Å²) >= 11 is 7.69. The van der Waals surface area contributed by atoms with Crippen LogP contribution in [0.3, 0.4) is 0 Å². The van der Waals surface area contributed by atoms with Crippen molar-refractivity contribution in [3.63, 3.8) is 0 Å². The lowest BCUT2D eigenvalue weighted by molar-refractivity contribution is 0.415. The number of rotatable bonds is 5. The van der Waals surface area contributed by atoms with Crippen molar-refractivity contribution < 1.29 is 4.74 Å². The summed E-state index contributed by atoms with van der Waals surface area (Å²) in [6.07, 6.45) is 0.937. The van der Waals surface area contributed by atoms with Crippen molar-refractivity contribution >= 4 is 34.6 Å². The second kappa shape index (κ2) is 7.28. The first kappa shape index (κ1) is 15.6. The fraction of sp³-hybridized carbons (Fsp3) is 0.286. The highest BCUT2D eigenvalue weighted by Crippen LogP contribution is 2.27. The van der Waals surface area contributed by atoms with E-state index >= 15 is 0 Å². The van der Waals surface area contributed by atoms with E-state index in [2.05, 4.69) is 22.2 Å². The van der Waals surface area contributed by atoms with Gasteiger partial charge in [0.1, 0.15) is 5.75 Å². The molecule has 0 atom stereocenters. The Hall–Kier alpha value is -1.79. The van der Waals surface area contributed by atoms with Crippen LogP contribution in [0.5, 0.6) is 5.75 Å². The lowest BCUT2D eigenvalue weighted by atomic mass is 10.3. The van der Waals surface area contributed by atoms with Gasteiger partial charge in [0.15, 0.2) is 5.96 Å². The maximum atomic E-state index is 6.05. The molecule has 0 saturated carbocycles. The second-order valence-corrected chi connectivity index (χ2v) is 5.61. The first-order valence-corrected chi connectivity index (χ1v) is 7.72. The smallest absolute Gasteiger partial charge is 0.193 e. The van der Waals surface area contributed by atoms with E-state index in [9.17, 15) is 0 Å². The van der Waals surface area contributed by atoms with Gasteiger partial charge in [0.2, 0.25) is 0 Å². The monoisotopic (exact) mass is 324 g/mol. The van der Waals surface area contributed by atoms with E-state index in [0.29, 0.717) is 23.3 Å². The molecule has 0 radical (unpaired) electrons.